The molecule has 0 spiro atoms. The predicted molar refractivity (Wildman–Crippen MR) is 39.7 cm³/mol. The van der Waals surface area contributed by atoms with Crippen molar-refractivity contribution in [3.8, 4) is 0 Å². The predicted octanol–water partition coefficient (Wildman–Crippen LogP) is 1.96. The molecule has 0 atom stereocenters. The van der Waals surface area contributed by atoms with Crippen molar-refractivity contribution in [2.75, 3.05) is 0 Å². The molecule has 0 N–H and O–H groups in total. The van der Waals surface area contributed by atoms with Gasteiger partial charge in [-0.2, -0.15) is 0 Å². The molecule has 44 valence electrons. The standard InChI is InChI=1S/C2Br3N3/c3-1-6-7-2(4)8(1)5. The lowest BCUT2D eigenvalue weighted by Crippen LogP contribution is -1.75. The molecule has 6 heteroatoms. The highest BCUT2D eigenvalue weighted by Gasteiger charge is 2.00. The van der Waals surface area contributed by atoms with E-state index in [1.165, 1.54) is 0 Å². The van der Waals surface area contributed by atoms with Gasteiger partial charge in [-0.3, -0.25) is 0 Å². The van der Waals surface area contributed by atoms with Crippen molar-refractivity contribution in [2.24, 2.45) is 0 Å². The van der Waals surface area contributed by atoms with Crippen molar-refractivity contribution in [1.29, 1.82) is 0 Å². The first-order valence-corrected chi connectivity index (χ1v) is 3.94. The molecule has 0 fully saturated rings. The van der Waals surface area contributed by atoms with Gasteiger partial charge in [-0.25, -0.2) is 3.59 Å². The highest BCUT2D eigenvalue weighted by molar-refractivity contribution is 9.13. The van der Waals surface area contributed by atoms with Crippen molar-refractivity contribution in [3.05, 3.63) is 9.47 Å². The van der Waals surface area contributed by atoms with Crippen LogP contribution in [0.3, 0.4) is 0 Å². The second-order valence-corrected chi connectivity index (χ2v) is 3.15. The molecule has 0 amide bonds. The Morgan fingerprint density at radius 3 is 1.62 bits per heavy atom. The molecule has 0 saturated carbocycles. The van der Waals surface area contributed by atoms with Gasteiger partial charge in [-0.05, 0) is 31.9 Å². The lowest BCUT2D eigenvalue weighted by atomic mass is 11.3. The fourth-order valence-corrected chi connectivity index (χ4v) is 1.11. The third-order valence-electron chi connectivity index (χ3n) is 0.539. The quantitative estimate of drug-likeness (QED) is 0.733. The van der Waals surface area contributed by atoms with E-state index in [0.717, 1.165) is 0 Å². The fraction of sp³-hybridized carbons (Fsp3) is 0. The number of hydrogen-bond acceptors (Lipinski definition) is 2. The molecule has 8 heavy (non-hydrogen) atoms. The Kier molecular flexibility index (Phi) is 2.05. The van der Waals surface area contributed by atoms with Crippen LogP contribution in [-0.2, 0) is 0 Å². The summed E-state index contributed by atoms with van der Waals surface area (Å²) < 4.78 is 2.88. The molecule has 1 aromatic heterocycles. The summed E-state index contributed by atoms with van der Waals surface area (Å²) in [4.78, 5) is 0. The molecule has 0 aliphatic carbocycles. The second kappa shape index (κ2) is 2.45. The Morgan fingerprint density at radius 1 is 1.12 bits per heavy atom. The molecule has 0 radical (unpaired) electrons. The van der Waals surface area contributed by atoms with Crippen LogP contribution in [0.15, 0.2) is 9.47 Å². The number of halogens is 3. The summed E-state index contributed by atoms with van der Waals surface area (Å²) >= 11 is 9.40. The van der Waals surface area contributed by atoms with E-state index >= 15 is 0 Å². The summed E-state index contributed by atoms with van der Waals surface area (Å²) in [5.41, 5.74) is 0. The van der Waals surface area contributed by atoms with Crippen LogP contribution in [0.25, 0.3) is 0 Å². The van der Waals surface area contributed by atoms with Crippen LogP contribution >= 0.6 is 48.0 Å². The summed E-state index contributed by atoms with van der Waals surface area (Å²) in [7, 11) is 0. The van der Waals surface area contributed by atoms with E-state index in [-0.39, 0.29) is 0 Å². The SMILES string of the molecule is Brc1nnc(Br)n1Br. The monoisotopic (exact) mass is 303 g/mol. The summed E-state index contributed by atoms with van der Waals surface area (Å²) in [5, 5.41) is 7.30. The highest BCUT2D eigenvalue weighted by Crippen LogP contribution is 2.15. The maximum atomic E-state index is 3.65. The zero-order valence-electron chi connectivity index (χ0n) is 3.48. The van der Waals surface area contributed by atoms with E-state index in [0.29, 0.717) is 9.47 Å². The molecule has 1 aromatic rings. The van der Waals surface area contributed by atoms with E-state index < -0.39 is 0 Å². The van der Waals surface area contributed by atoms with Crippen LogP contribution in [0.4, 0.5) is 0 Å². The van der Waals surface area contributed by atoms with E-state index in [2.05, 4.69) is 58.2 Å². The molecule has 1 heterocycles. The normalized spacial score (nSPS) is 9.88. The van der Waals surface area contributed by atoms with E-state index in [9.17, 15) is 0 Å². The minimum absolute atomic E-state index is 0.643. The molecule has 0 saturated heterocycles. The summed E-state index contributed by atoms with van der Waals surface area (Å²) in [5.74, 6) is 0. The Labute approximate surface area is 71.1 Å². The molecular formula is C2Br3N3. The van der Waals surface area contributed by atoms with Crippen LogP contribution in [0, 0.1) is 0 Å². The zero-order valence-corrected chi connectivity index (χ0v) is 8.23. The van der Waals surface area contributed by atoms with E-state index in [1.807, 2.05) is 0 Å². The Hall–Kier alpha value is 0.580. The average Bonchev–Trinajstić information content (AvgIpc) is 1.98. The summed E-state index contributed by atoms with van der Waals surface area (Å²) in [6.45, 7) is 0. The number of hydrogen-bond donors (Lipinski definition) is 0. The molecule has 3 nitrogen and oxygen atoms in total. The first kappa shape index (κ1) is 6.70. The first-order chi connectivity index (χ1) is 3.72. The third-order valence-corrected chi connectivity index (χ3v) is 3.19. The van der Waals surface area contributed by atoms with Gasteiger partial charge in [0.2, 0.25) is 9.47 Å². The minimum Gasteiger partial charge on any atom is -0.228 e. The summed E-state index contributed by atoms with van der Waals surface area (Å²) in [6, 6.07) is 0. The lowest BCUT2D eigenvalue weighted by molar-refractivity contribution is 1.05. The van der Waals surface area contributed by atoms with Crippen LogP contribution in [0.2, 0.25) is 0 Å². The van der Waals surface area contributed by atoms with Crippen LogP contribution in [0.1, 0.15) is 0 Å². The van der Waals surface area contributed by atoms with Gasteiger partial charge in [0.05, 0.1) is 16.1 Å². The first-order valence-electron chi connectivity index (χ1n) is 1.64. The minimum atomic E-state index is 0.643. The zero-order chi connectivity index (χ0) is 6.15. The molecule has 0 aliphatic heterocycles. The van der Waals surface area contributed by atoms with E-state index in [1.54, 1.807) is 3.59 Å². The molecule has 0 aromatic carbocycles. The number of nitrogens with zero attached hydrogens (tertiary/aromatic N) is 3. The van der Waals surface area contributed by atoms with Crippen molar-refractivity contribution in [2.45, 2.75) is 0 Å². The fourth-order valence-electron chi connectivity index (χ4n) is 0.237. The highest BCUT2D eigenvalue weighted by atomic mass is 79.9. The van der Waals surface area contributed by atoms with Gasteiger partial charge in [-0.1, -0.05) is 0 Å². The van der Waals surface area contributed by atoms with E-state index in [4.69, 9.17) is 0 Å². The molecular weight excluding hydrogens is 306 g/mol. The van der Waals surface area contributed by atoms with Crippen molar-refractivity contribution >= 4 is 48.0 Å². The third kappa shape index (κ3) is 1.11. The van der Waals surface area contributed by atoms with Gasteiger partial charge in [0.15, 0.2) is 0 Å². The Bertz CT molecular complexity index is 175. The van der Waals surface area contributed by atoms with Gasteiger partial charge in [0.1, 0.15) is 0 Å². The lowest BCUT2D eigenvalue weighted by Gasteiger charge is -1.83. The maximum absolute atomic E-state index is 3.65. The van der Waals surface area contributed by atoms with Gasteiger partial charge < -0.3 is 0 Å². The van der Waals surface area contributed by atoms with Gasteiger partial charge >= 0.3 is 0 Å². The molecule has 0 aliphatic rings. The van der Waals surface area contributed by atoms with Gasteiger partial charge in [-0.15, -0.1) is 10.2 Å². The Morgan fingerprint density at radius 2 is 1.50 bits per heavy atom. The molecule has 0 bridgehead atoms. The largest absolute Gasteiger partial charge is 0.228 e. The summed E-state index contributed by atoms with van der Waals surface area (Å²) in [6.07, 6.45) is 0. The smallest absolute Gasteiger partial charge is 0.211 e. The second-order valence-electron chi connectivity index (χ2n) is 1.02. The molecule has 0 unspecified atom stereocenters. The molecule has 1 rings (SSSR count). The topological polar surface area (TPSA) is 30.7 Å². The van der Waals surface area contributed by atoms with Crippen LogP contribution in [0.5, 0.6) is 0 Å². The van der Waals surface area contributed by atoms with Crippen molar-refractivity contribution in [1.82, 2.24) is 13.8 Å². The van der Waals surface area contributed by atoms with Crippen molar-refractivity contribution in [3.63, 3.8) is 0 Å². The number of rotatable bonds is 0. The van der Waals surface area contributed by atoms with Crippen LogP contribution < -0.4 is 0 Å². The maximum Gasteiger partial charge on any atom is 0.211 e. The van der Waals surface area contributed by atoms with Gasteiger partial charge in [0.25, 0.3) is 0 Å². The van der Waals surface area contributed by atoms with Crippen molar-refractivity contribution < 1.29 is 0 Å². The van der Waals surface area contributed by atoms with Crippen LogP contribution in [-0.4, -0.2) is 13.8 Å². The number of aromatic nitrogens is 3. The van der Waals surface area contributed by atoms with Gasteiger partial charge in [0, 0.05) is 0 Å². The average molecular weight is 306 g/mol. The Balaban J connectivity index is 3.19.